The van der Waals surface area contributed by atoms with Crippen molar-refractivity contribution in [2.45, 2.75) is 33.6 Å². The van der Waals surface area contributed by atoms with Crippen LogP contribution in [0, 0.1) is 29.1 Å². The first-order valence-corrected chi connectivity index (χ1v) is 5.31. The fourth-order valence-corrected chi connectivity index (χ4v) is 3.98. The molecule has 2 N–H and O–H groups in total. The van der Waals surface area contributed by atoms with Crippen LogP contribution >= 0.6 is 0 Å². The van der Waals surface area contributed by atoms with Crippen molar-refractivity contribution in [1.29, 1.82) is 0 Å². The molecule has 0 aromatic rings. The molecule has 2 aliphatic carbocycles. The number of rotatable bonds is 2. The van der Waals surface area contributed by atoms with Crippen LogP contribution in [0.4, 0.5) is 0 Å². The smallest absolute Gasteiger partial charge is 0.00719 e. The second kappa shape index (κ2) is 2.47. The Bertz CT molecular complexity index is 189. The Labute approximate surface area is 75.7 Å². The van der Waals surface area contributed by atoms with Gasteiger partial charge in [-0.2, -0.15) is 0 Å². The van der Waals surface area contributed by atoms with Gasteiger partial charge in [-0.25, -0.2) is 0 Å². The van der Waals surface area contributed by atoms with Crippen LogP contribution in [0.2, 0.25) is 0 Å². The van der Waals surface area contributed by atoms with Gasteiger partial charge in [0.05, 0.1) is 0 Å². The molecule has 5 atom stereocenters. The quantitative estimate of drug-likeness (QED) is 0.671. The lowest BCUT2D eigenvalue weighted by molar-refractivity contribution is -0.206. The monoisotopic (exact) mass is 167 g/mol. The van der Waals surface area contributed by atoms with Gasteiger partial charge in [0.25, 0.3) is 0 Å². The molecule has 2 saturated carbocycles. The van der Waals surface area contributed by atoms with Crippen LogP contribution in [0.3, 0.4) is 0 Å². The molecule has 0 aromatic carbocycles. The van der Waals surface area contributed by atoms with Gasteiger partial charge in [-0.15, -0.1) is 0 Å². The molecular weight excluding hydrogens is 146 g/mol. The lowest BCUT2D eigenvalue weighted by atomic mass is 9.36. The third kappa shape index (κ3) is 0.783. The predicted molar refractivity (Wildman–Crippen MR) is 51.7 cm³/mol. The van der Waals surface area contributed by atoms with Gasteiger partial charge in [0, 0.05) is 0 Å². The Balaban J connectivity index is 2.06. The summed E-state index contributed by atoms with van der Waals surface area (Å²) in [5.74, 6) is 3.97. The van der Waals surface area contributed by atoms with E-state index in [0.29, 0.717) is 5.41 Å². The molecular formula is C11H21N. The highest BCUT2D eigenvalue weighted by molar-refractivity contribution is 5.11. The van der Waals surface area contributed by atoms with E-state index in [1.807, 2.05) is 0 Å². The summed E-state index contributed by atoms with van der Waals surface area (Å²) in [7, 11) is 0. The summed E-state index contributed by atoms with van der Waals surface area (Å²) in [6.07, 6.45) is 2.71. The van der Waals surface area contributed by atoms with Crippen LogP contribution in [0.1, 0.15) is 33.6 Å². The Hall–Kier alpha value is -0.0400. The zero-order valence-corrected chi connectivity index (χ0v) is 8.51. The summed E-state index contributed by atoms with van der Waals surface area (Å²) in [4.78, 5) is 0. The number of fused-ring (bicyclic) bond motifs is 1. The van der Waals surface area contributed by atoms with E-state index in [1.165, 1.54) is 12.8 Å². The van der Waals surface area contributed by atoms with E-state index in [0.717, 1.165) is 30.2 Å². The summed E-state index contributed by atoms with van der Waals surface area (Å²) in [6, 6.07) is 0. The number of nitrogens with two attached hydrogens (primary N) is 1. The average molecular weight is 167 g/mol. The van der Waals surface area contributed by atoms with Gasteiger partial charge >= 0.3 is 0 Å². The van der Waals surface area contributed by atoms with Crippen LogP contribution in [-0.4, -0.2) is 6.54 Å². The van der Waals surface area contributed by atoms with E-state index < -0.39 is 0 Å². The minimum Gasteiger partial charge on any atom is -0.330 e. The third-order valence-electron chi connectivity index (χ3n) is 4.85. The molecule has 0 saturated heterocycles. The molecule has 0 amide bonds. The Kier molecular flexibility index (Phi) is 1.76. The predicted octanol–water partition coefficient (Wildman–Crippen LogP) is 2.26. The molecule has 70 valence electrons. The van der Waals surface area contributed by atoms with Gasteiger partial charge in [0.15, 0.2) is 0 Å². The summed E-state index contributed by atoms with van der Waals surface area (Å²) >= 11 is 0. The van der Waals surface area contributed by atoms with Crippen LogP contribution in [-0.2, 0) is 0 Å². The van der Waals surface area contributed by atoms with Crippen molar-refractivity contribution in [3.63, 3.8) is 0 Å². The van der Waals surface area contributed by atoms with Gasteiger partial charge in [-0.1, -0.05) is 20.8 Å². The lowest BCUT2D eigenvalue weighted by Crippen LogP contribution is -2.63. The molecule has 0 heterocycles. The van der Waals surface area contributed by atoms with Crippen molar-refractivity contribution in [3.8, 4) is 0 Å². The fraction of sp³-hybridized carbons (Fsp3) is 1.00. The van der Waals surface area contributed by atoms with E-state index in [9.17, 15) is 0 Å². The zero-order chi connectivity index (χ0) is 8.93. The van der Waals surface area contributed by atoms with Crippen LogP contribution in [0.25, 0.3) is 0 Å². The minimum absolute atomic E-state index is 0.594. The Morgan fingerprint density at radius 1 is 1.42 bits per heavy atom. The second-order valence-corrected chi connectivity index (χ2v) is 5.24. The molecule has 12 heavy (non-hydrogen) atoms. The maximum atomic E-state index is 5.66. The third-order valence-corrected chi connectivity index (χ3v) is 4.85. The average Bonchev–Trinajstić information content (AvgIpc) is 1.99. The largest absolute Gasteiger partial charge is 0.330 e. The van der Waals surface area contributed by atoms with E-state index in [4.69, 9.17) is 5.73 Å². The maximum absolute atomic E-state index is 5.66. The van der Waals surface area contributed by atoms with E-state index in [-0.39, 0.29) is 0 Å². The van der Waals surface area contributed by atoms with E-state index >= 15 is 0 Å². The van der Waals surface area contributed by atoms with Crippen LogP contribution < -0.4 is 5.73 Å². The van der Waals surface area contributed by atoms with Crippen molar-refractivity contribution >= 4 is 0 Å². The summed E-state index contributed by atoms with van der Waals surface area (Å²) in [5, 5.41) is 0. The first kappa shape index (κ1) is 8.55. The maximum Gasteiger partial charge on any atom is -0.00719 e. The highest BCUT2D eigenvalue weighted by Gasteiger charge is 2.63. The van der Waals surface area contributed by atoms with Gasteiger partial charge in [0.1, 0.15) is 0 Å². The molecule has 0 bridgehead atoms. The van der Waals surface area contributed by atoms with Crippen LogP contribution in [0.15, 0.2) is 0 Å². The number of hydrogen-bond acceptors (Lipinski definition) is 1. The summed E-state index contributed by atoms with van der Waals surface area (Å²) < 4.78 is 0. The van der Waals surface area contributed by atoms with Crippen LogP contribution in [0.5, 0.6) is 0 Å². The highest BCUT2D eigenvalue weighted by atomic mass is 14.7. The Morgan fingerprint density at radius 3 is 2.58 bits per heavy atom. The number of hydrogen-bond donors (Lipinski definition) is 1. The van der Waals surface area contributed by atoms with Gasteiger partial charge in [-0.05, 0) is 48.5 Å². The molecule has 0 aliphatic heterocycles. The van der Waals surface area contributed by atoms with Crippen molar-refractivity contribution in [3.05, 3.63) is 0 Å². The topological polar surface area (TPSA) is 26.0 Å². The van der Waals surface area contributed by atoms with Crippen molar-refractivity contribution in [2.24, 2.45) is 34.8 Å². The van der Waals surface area contributed by atoms with E-state index in [1.54, 1.807) is 0 Å². The van der Waals surface area contributed by atoms with Crippen molar-refractivity contribution in [2.75, 3.05) is 6.54 Å². The van der Waals surface area contributed by atoms with Gasteiger partial charge in [-0.3, -0.25) is 0 Å². The molecule has 0 spiro atoms. The van der Waals surface area contributed by atoms with Crippen molar-refractivity contribution in [1.82, 2.24) is 0 Å². The van der Waals surface area contributed by atoms with Crippen molar-refractivity contribution < 1.29 is 0 Å². The summed E-state index contributed by atoms with van der Waals surface area (Å²) in [5.41, 5.74) is 6.26. The normalized spacial score (nSPS) is 57.0. The molecule has 2 aliphatic rings. The lowest BCUT2D eigenvalue weighted by Gasteiger charge is -2.69. The second-order valence-electron chi connectivity index (χ2n) is 5.24. The SMILES string of the molecule is CC1CC2C(C)C(C)(CCN)C12. The zero-order valence-electron chi connectivity index (χ0n) is 8.51. The minimum atomic E-state index is 0.594. The Morgan fingerprint density at radius 2 is 2.08 bits per heavy atom. The van der Waals surface area contributed by atoms with Gasteiger partial charge in [0.2, 0.25) is 0 Å². The standard InChI is InChI=1S/C11H21N/c1-7-6-9-8(2)11(3,4-5-12)10(7)9/h7-10H,4-6,12H2,1-3H3. The fourth-order valence-electron chi connectivity index (χ4n) is 3.98. The molecule has 1 heteroatoms. The molecule has 2 rings (SSSR count). The summed E-state index contributed by atoms with van der Waals surface area (Å²) in [6.45, 7) is 8.14. The molecule has 1 nitrogen and oxygen atoms in total. The first-order chi connectivity index (χ1) is 5.61. The molecule has 0 radical (unpaired) electrons. The highest BCUT2D eigenvalue weighted by Crippen LogP contribution is 2.69. The van der Waals surface area contributed by atoms with E-state index in [2.05, 4.69) is 20.8 Å². The molecule has 2 fully saturated rings. The molecule has 0 aromatic heterocycles. The first-order valence-electron chi connectivity index (χ1n) is 5.31. The molecule has 5 unspecified atom stereocenters. The van der Waals surface area contributed by atoms with Gasteiger partial charge < -0.3 is 5.73 Å².